The number of rotatable bonds is 3. The zero-order valence-corrected chi connectivity index (χ0v) is 9.88. The summed E-state index contributed by atoms with van der Waals surface area (Å²) in [6, 6.07) is 15.6. The predicted molar refractivity (Wildman–Crippen MR) is 67.6 cm³/mol. The minimum Gasteiger partial charge on any atom is -0.497 e. The Bertz CT molecular complexity index is 626. The van der Waals surface area contributed by atoms with Crippen LogP contribution in [0.5, 0.6) is 5.75 Å². The van der Waals surface area contributed by atoms with Crippen LogP contribution >= 0.6 is 0 Å². The molecule has 2 rings (SSSR count). The van der Waals surface area contributed by atoms with Crippen molar-refractivity contribution in [2.24, 2.45) is 0 Å². The number of methoxy groups -OCH3 is 1. The van der Waals surface area contributed by atoms with Gasteiger partial charge < -0.3 is 4.74 Å². The standard InChI is InChI=1S/C15H11NO2/c1-18-14-7-3-6-13(9-14)15(17)12-5-2-4-11(8-12)10-16/h2-9H,1H3. The Hall–Kier alpha value is -2.60. The third-order valence-electron chi connectivity index (χ3n) is 2.59. The summed E-state index contributed by atoms with van der Waals surface area (Å²) in [5.41, 5.74) is 1.52. The lowest BCUT2D eigenvalue weighted by Gasteiger charge is -2.04. The van der Waals surface area contributed by atoms with Crippen LogP contribution in [-0.2, 0) is 0 Å². The summed E-state index contributed by atoms with van der Waals surface area (Å²) in [6.07, 6.45) is 0. The lowest BCUT2D eigenvalue weighted by molar-refractivity contribution is 0.103. The highest BCUT2D eigenvalue weighted by Crippen LogP contribution is 2.16. The molecular formula is C15H11NO2. The molecule has 0 bridgehead atoms. The van der Waals surface area contributed by atoms with Crippen molar-refractivity contribution < 1.29 is 9.53 Å². The van der Waals surface area contributed by atoms with Crippen molar-refractivity contribution in [2.45, 2.75) is 0 Å². The van der Waals surface area contributed by atoms with E-state index in [9.17, 15) is 4.79 Å². The minimum absolute atomic E-state index is 0.119. The zero-order chi connectivity index (χ0) is 13.0. The Morgan fingerprint density at radius 1 is 1.11 bits per heavy atom. The zero-order valence-electron chi connectivity index (χ0n) is 9.88. The molecule has 0 saturated carbocycles. The average molecular weight is 237 g/mol. The lowest BCUT2D eigenvalue weighted by Crippen LogP contribution is -2.01. The number of carbonyl (C=O) groups is 1. The number of hydrogen-bond donors (Lipinski definition) is 0. The maximum absolute atomic E-state index is 12.2. The minimum atomic E-state index is -0.119. The summed E-state index contributed by atoms with van der Waals surface area (Å²) >= 11 is 0. The van der Waals surface area contributed by atoms with E-state index >= 15 is 0 Å². The molecule has 0 saturated heterocycles. The molecule has 0 heterocycles. The molecular weight excluding hydrogens is 226 g/mol. The largest absolute Gasteiger partial charge is 0.497 e. The summed E-state index contributed by atoms with van der Waals surface area (Å²) in [6.45, 7) is 0. The van der Waals surface area contributed by atoms with Crippen molar-refractivity contribution >= 4 is 5.78 Å². The van der Waals surface area contributed by atoms with Crippen molar-refractivity contribution in [1.29, 1.82) is 5.26 Å². The molecule has 2 aromatic carbocycles. The van der Waals surface area contributed by atoms with Crippen molar-refractivity contribution in [3.8, 4) is 11.8 Å². The molecule has 0 radical (unpaired) electrons. The van der Waals surface area contributed by atoms with E-state index in [-0.39, 0.29) is 5.78 Å². The second-order valence-corrected chi connectivity index (χ2v) is 3.75. The summed E-state index contributed by atoms with van der Waals surface area (Å²) in [5.74, 6) is 0.517. The van der Waals surface area contributed by atoms with Gasteiger partial charge in [-0.3, -0.25) is 4.79 Å². The Morgan fingerprint density at radius 2 is 1.78 bits per heavy atom. The first-order chi connectivity index (χ1) is 8.74. The molecule has 0 amide bonds. The normalized spacial score (nSPS) is 9.56. The maximum atomic E-state index is 12.2. The van der Waals surface area contributed by atoms with Crippen LogP contribution in [0.2, 0.25) is 0 Å². The molecule has 0 aliphatic rings. The SMILES string of the molecule is COc1cccc(C(=O)c2cccc(C#N)c2)c1. The fourth-order valence-corrected chi connectivity index (χ4v) is 1.66. The van der Waals surface area contributed by atoms with E-state index in [4.69, 9.17) is 10.00 Å². The van der Waals surface area contributed by atoms with Gasteiger partial charge in [-0.05, 0) is 24.3 Å². The fraction of sp³-hybridized carbons (Fsp3) is 0.0667. The topological polar surface area (TPSA) is 50.1 Å². The number of nitriles is 1. The van der Waals surface area contributed by atoms with E-state index in [1.807, 2.05) is 6.07 Å². The summed E-state index contributed by atoms with van der Waals surface area (Å²) < 4.78 is 5.08. The molecule has 3 heteroatoms. The van der Waals surface area contributed by atoms with Crippen molar-refractivity contribution in [3.63, 3.8) is 0 Å². The van der Waals surface area contributed by atoms with Crippen molar-refractivity contribution in [2.75, 3.05) is 7.11 Å². The first-order valence-electron chi connectivity index (χ1n) is 5.43. The van der Waals surface area contributed by atoms with Gasteiger partial charge in [-0.2, -0.15) is 5.26 Å². The summed E-state index contributed by atoms with van der Waals surface area (Å²) in [7, 11) is 1.56. The van der Waals surface area contributed by atoms with Gasteiger partial charge in [-0.25, -0.2) is 0 Å². The molecule has 0 N–H and O–H groups in total. The number of ether oxygens (including phenoxy) is 1. The molecule has 0 aromatic heterocycles. The van der Waals surface area contributed by atoms with E-state index in [1.54, 1.807) is 55.6 Å². The smallest absolute Gasteiger partial charge is 0.193 e. The van der Waals surface area contributed by atoms with Crippen LogP contribution in [0.4, 0.5) is 0 Å². The molecule has 0 unspecified atom stereocenters. The number of carbonyl (C=O) groups excluding carboxylic acids is 1. The molecule has 0 aliphatic heterocycles. The van der Waals surface area contributed by atoms with Crippen LogP contribution in [0.25, 0.3) is 0 Å². The third kappa shape index (κ3) is 2.38. The lowest BCUT2D eigenvalue weighted by atomic mass is 10.0. The first kappa shape index (κ1) is 11.9. The number of benzene rings is 2. The van der Waals surface area contributed by atoms with Gasteiger partial charge >= 0.3 is 0 Å². The van der Waals surface area contributed by atoms with Gasteiger partial charge in [0.15, 0.2) is 5.78 Å². The molecule has 0 spiro atoms. The fourth-order valence-electron chi connectivity index (χ4n) is 1.66. The van der Waals surface area contributed by atoms with E-state index in [0.717, 1.165) is 0 Å². The number of hydrogen-bond acceptors (Lipinski definition) is 3. The van der Waals surface area contributed by atoms with Gasteiger partial charge in [0.1, 0.15) is 5.75 Å². The molecule has 0 atom stereocenters. The molecule has 18 heavy (non-hydrogen) atoms. The third-order valence-corrected chi connectivity index (χ3v) is 2.59. The van der Waals surface area contributed by atoms with Crippen LogP contribution in [0.3, 0.4) is 0 Å². The van der Waals surface area contributed by atoms with Gasteiger partial charge in [0.05, 0.1) is 18.7 Å². The van der Waals surface area contributed by atoms with Crippen LogP contribution < -0.4 is 4.74 Å². The summed E-state index contributed by atoms with van der Waals surface area (Å²) in [5, 5.41) is 8.82. The molecule has 88 valence electrons. The monoisotopic (exact) mass is 237 g/mol. The maximum Gasteiger partial charge on any atom is 0.193 e. The van der Waals surface area contributed by atoms with Gasteiger partial charge in [0.25, 0.3) is 0 Å². The first-order valence-corrected chi connectivity index (χ1v) is 5.43. The average Bonchev–Trinajstić information content (AvgIpc) is 2.46. The van der Waals surface area contributed by atoms with Crippen molar-refractivity contribution in [3.05, 3.63) is 65.2 Å². The van der Waals surface area contributed by atoms with Crippen LogP contribution in [0.1, 0.15) is 21.5 Å². The van der Waals surface area contributed by atoms with Crippen molar-refractivity contribution in [1.82, 2.24) is 0 Å². The van der Waals surface area contributed by atoms with Gasteiger partial charge in [-0.1, -0.05) is 24.3 Å². The summed E-state index contributed by atoms with van der Waals surface area (Å²) in [4.78, 5) is 12.2. The predicted octanol–water partition coefficient (Wildman–Crippen LogP) is 2.80. The van der Waals surface area contributed by atoms with E-state index in [0.29, 0.717) is 22.4 Å². The molecule has 0 fully saturated rings. The Labute approximate surface area is 105 Å². The highest BCUT2D eigenvalue weighted by Gasteiger charge is 2.10. The number of nitrogens with zero attached hydrogens (tertiary/aromatic N) is 1. The Kier molecular flexibility index (Phi) is 3.40. The van der Waals surface area contributed by atoms with E-state index < -0.39 is 0 Å². The van der Waals surface area contributed by atoms with Crippen LogP contribution in [-0.4, -0.2) is 12.9 Å². The van der Waals surface area contributed by atoms with E-state index in [1.165, 1.54) is 0 Å². The Morgan fingerprint density at radius 3 is 2.44 bits per heavy atom. The second-order valence-electron chi connectivity index (χ2n) is 3.75. The van der Waals surface area contributed by atoms with Gasteiger partial charge in [0.2, 0.25) is 0 Å². The quantitative estimate of drug-likeness (QED) is 0.771. The Balaban J connectivity index is 2.38. The molecule has 3 nitrogen and oxygen atoms in total. The highest BCUT2D eigenvalue weighted by molar-refractivity contribution is 6.09. The van der Waals surface area contributed by atoms with Gasteiger partial charge in [-0.15, -0.1) is 0 Å². The van der Waals surface area contributed by atoms with E-state index in [2.05, 4.69) is 0 Å². The van der Waals surface area contributed by atoms with Crippen LogP contribution in [0, 0.1) is 11.3 Å². The molecule has 2 aromatic rings. The second kappa shape index (κ2) is 5.15. The molecule has 0 aliphatic carbocycles. The van der Waals surface area contributed by atoms with Crippen LogP contribution in [0.15, 0.2) is 48.5 Å². The number of ketones is 1. The highest BCUT2D eigenvalue weighted by atomic mass is 16.5. The van der Waals surface area contributed by atoms with Gasteiger partial charge in [0, 0.05) is 11.1 Å².